The monoisotopic (exact) mass is 368 g/mol. The third-order valence-electron chi connectivity index (χ3n) is 5.23. The summed E-state index contributed by atoms with van der Waals surface area (Å²) < 4.78 is 16.3. The molecule has 2 nitrogen and oxygen atoms in total. The molecule has 0 radical (unpaired) electrons. The number of rotatable bonds is 4. The minimum Gasteiger partial charge on any atom is -0.357 e. The molecule has 134 valence electrons. The van der Waals surface area contributed by atoms with Crippen LogP contribution in [0.4, 0.5) is 4.39 Å². The number of aromatic amines is 1. The summed E-state index contributed by atoms with van der Waals surface area (Å²) in [7, 11) is 0. The molecule has 0 bridgehead atoms. The van der Waals surface area contributed by atoms with E-state index in [1.54, 1.807) is 6.20 Å². The van der Waals surface area contributed by atoms with Crippen LogP contribution in [0.2, 0.25) is 5.02 Å². The fourth-order valence-corrected chi connectivity index (χ4v) is 4.18. The summed E-state index contributed by atoms with van der Waals surface area (Å²) in [6.07, 6.45) is 4.61. The van der Waals surface area contributed by atoms with Gasteiger partial charge in [-0.15, -0.1) is 0 Å². The summed E-state index contributed by atoms with van der Waals surface area (Å²) in [6.45, 7) is 7.44. The zero-order chi connectivity index (χ0) is 18.4. The first-order chi connectivity index (χ1) is 12.5. The third kappa shape index (κ3) is 2.71. The summed E-state index contributed by atoms with van der Waals surface area (Å²) in [5.41, 5.74) is 5.49. The van der Waals surface area contributed by atoms with Crippen molar-refractivity contribution in [1.29, 1.82) is 0 Å². The fraction of sp³-hybridized carbons (Fsp3) is 0.273. The van der Waals surface area contributed by atoms with Crippen molar-refractivity contribution < 1.29 is 4.39 Å². The van der Waals surface area contributed by atoms with Crippen LogP contribution < -0.4 is 0 Å². The van der Waals surface area contributed by atoms with Crippen LogP contribution in [0.25, 0.3) is 21.8 Å². The normalized spacial score (nSPS) is 11.9. The average Bonchev–Trinajstić information content (AvgIpc) is 3.20. The van der Waals surface area contributed by atoms with Crippen molar-refractivity contribution in [2.75, 3.05) is 0 Å². The van der Waals surface area contributed by atoms with Gasteiger partial charge in [0.15, 0.2) is 0 Å². The lowest BCUT2D eigenvalue weighted by atomic mass is 9.97. The molecule has 0 saturated heterocycles. The Labute approximate surface area is 157 Å². The molecule has 0 fully saturated rings. The molecule has 0 saturated carbocycles. The zero-order valence-electron chi connectivity index (χ0n) is 15.2. The van der Waals surface area contributed by atoms with Gasteiger partial charge in [-0.3, -0.25) is 0 Å². The summed E-state index contributed by atoms with van der Waals surface area (Å²) in [5.74, 6) is 0.226. The number of fused-ring (bicyclic) bond motifs is 2. The highest BCUT2D eigenvalue weighted by molar-refractivity contribution is 6.35. The van der Waals surface area contributed by atoms with E-state index < -0.39 is 0 Å². The highest BCUT2D eigenvalue weighted by Crippen LogP contribution is 2.31. The maximum absolute atomic E-state index is 14.0. The second kappa shape index (κ2) is 6.48. The molecule has 2 heterocycles. The number of nitrogens with one attached hydrogen (secondary N) is 1. The lowest BCUT2D eigenvalue weighted by Crippen LogP contribution is -2.02. The van der Waals surface area contributed by atoms with Crippen LogP contribution in [0.5, 0.6) is 0 Å². The van der Waals surface area contributed by atoms with Gasteiger partial charge in [-0.25, -0.2) is 4.39 Å². The minimum absolute atomic E-state index is 0.264. The van der Waals surface area contributed by atoms with Gasteiger partial charge in [0.1, 0.15) is 5.82 Å². The number of H-pyrrole nitrogens is 1. The van der Waals surface area contributed by atoms with Gasteiger partial charge < -0.3 is 9.55 Å². The van der Waals surface area contributed by atoms with E-state index >= 15 is 0 Å². The number of benzene rings is 2. The second-order valence-corrected chi connectivity index (χ2v) is 7.65. The Morgan fingerprint density at radius 1 is 1.15 bits per heavy atom. The Bertz CT molecular complexity index is 1100. The Morgan fingerprint density at radius 3 is 2.73 bits per heavy atom. The topological polar surface area (TPSA) is 20.7 Å². The van der Waals surface area contributed by atoms with Gasteiger partial charge in [0, 0.05) is 29.7 Å². The summed E-state index contributed by atoms with van der Waals surface area (Å²) in [4.78, 5) is 2.93. The first-order valence-electron chi connectivity index (χ1n) is 8.99. The number of hydrogen-bond donors (Lipinski definition) is 1. The smallest absolute Gasteiger partial charge is 0.147 e. The molecule has 4 rings (SSSR count). The molecule has 1 N–H and O–H groups in total. The van der Waals surface area contributed by atoms with Crippen molar-refractivity contribution in [2.24, 2.45) is 0 Å². The van der Waals surface area contributed by atoms with Crippen molar-refractivity contribution in [3.8, 4) is 0 Å². The highest BCUT2D eigenvalue weighted by Gasteiger charge is 2.14. The van der Waals surface area contributed by atoms with Crippen LogP contribution in [0.15, 0.2) is 42.7 Å². The minimum atomic E-state index is -0.264. The first-order valence-corrected chi connectivity index (χ1v) is 9.37. The quantitative estimate of drug-likeness (QED) is 0.419. The van der Waals surface area contributed by atoms with Crippen molar-refractivity contribution in [1.82, 2.24) is 9.55 Å². The van der Waals surface area contributed by atoms with Crippen LogP contribution in [0.1, 0.15) is 36.5 Å². The van der Waals surface area contributed by atoms with Gasteiger partial charge in [-0.2, -0.15) is 0 Å². The van der Waals surface area contributed by atoms with Gasteiger partial charge in [0.05, 0.1) is 16.1 Å². The van der Waals surface area contributed by atoms with E-state index in [0.717, 1.165) is 23.9 Å². The van der Waals surface area contributed by atoms with Gasteiger partial charge >= 0.3 is 0 Å². The van der Waals surface area contributed by atoms with Crippen LogP contribution in [0, 0.1) is 12.7 Å². The standard InChI is InChI=1S/C22H22ClFN2/c1-13(2)16-6-4-14(3)22-17(16)9-11-26(22)10-8-15-5-7-19(24)21-20(15)18(23)12-25-21/h4-7,9,11-13,25H,8,10H2,1-3H3. The van der Waals surface area contributed by atoms with E-state index in [9.17, 15) is 4.39 Å². The highest BCUT2D eigenvalue weighted by atomic mass is 35.5. The Morgan fingerprint density at radius 2 is 1.96 bits per heavy atom. The van der Waals surface area contributed by atoms with Crippen molar-refractivity contribution >= 4 is 33.4 Å². The molecule has 4 aromatic rings. The summed E-state index contributed by atoms with van der Waals surface area (Å²) in [5, 5.41) is 2.69. The maximum atomic E-state index is 14.0. The fourth-order valence-electron chi connectivity index (χ4n) is 3.91. The molecule has 0 amide bonds. The maximum Gasteiger partial charge on any atom is 0.147 e. The van der Waals surface area contributed by atoms with Crippen LogP contribution >= 0.6 is 11.6 Å². The molecule has 0 unspecified atom stereocenters. The van der Waals surface area contributed by atoms with Crippen LogP contribution in [-0.4, -0.2) is 9.55 Å². The van der Waals surface area contributed by atoms with Gasteiger partial charge in [0.25, 0.3) is 0 Å². The Balaban J connectivity index is 1.73. The molecule has 0 spiro atoms. The molecule has 0 aliphatic carbocycles. The van der Waals surface area contributed by atoms with Crippen molar-refractivity contribution in [3.63, 3.8) is 0 Å². The van der Waals surface area contributed by atoms with E-state index in [2.05, 4.69) is 54.7 Å². The zero-order valence-corrected chi connectivity index (χ0v) is 16.0. The van der Waals surface area contributed by atoms with Crippen molar-refractivity contribution in [2.45, 2.75) is 39.7 Å². The predicted octanol–water partition coefficient (Wildman–Crippen LogP) is 6.59. The van der Waals surface area contributed by atoms with Gasteiger partial charge in [-0.05, 0) is 48.1 Å². The number of hydrogen-bond acceptors (Lipinski definition) is 0. The molecule has 4 heteroatoms. The first kappa shape index (κ1) is 17.2. The molecule has 26 heavy (non-hydrogen) atoms. The van der Waals surface area contributed by atoms with Crippen molar-refractivity contribution in [3.05, 3.63) is 70.3 Å². The molecule has 2 aromatic heterocycles. The van der Waals surface area contributed by atoms with E-state index in [1.807, 2.05) is 6.07 Å². The number of halogens is 2. The van der Waals surface area contributed by atoms with Crippen LogP contribution in [-0.2, 0) is 13.0 Å². The SMILES string of the molecule is Cc1ccc(C(C)C)c2ccn(CCc3ccc(F)c4[nH]cc(Cl)c34)c12. The lowest BCUT2D eigenvalue weighted by molar-refractivity contribution is 0.636. The summed E-state index contributed by atoms with van der Waals surface area (Å²) >= 11 is 6.28. The number of aromatic nitrogens is 2. The molecule has 0 aliphatic rings. The third-order valence-corrected chi connectivity index (χ3v) is 5.53. The molecule has 2 aromatic carbocycles. The molecular formula is C22H22ClFN2. The van der Waals surface area contributed by atoms with E-state index in [1.165, 1.54) is 28.1 Å². The number of aryl methyl sites for hydroxylation is 3. The molecule has 0 aliphatic heterocycles. The van der Waals surface area contributed by atoms with E-state index in [-0.39, 0.29) is 5.82 Å². The number of nitrogens with zero attached hydrogens (tertiary/aromatic N) is 1. The Hall–Kier alpha value is -2.26. The summed E-state index contributed by atoms with van der Waals surface area (Å²) in [6, 6.07) is 10.0. The molecule has 0 atom stereocenters. The van der Waals surface area contributed by atoms with Gasteiger partial charge in [0.2, 0.25) is 0 Å². The van der Waals surface area contributed by atoms with E-state index in [0.29, 0.717) is 16.5 Å². The largest absolute Gasteiger partial charge is 0.357 e. The predicted molar refractivity (Wildman–Crippen MR) is 108 cm³/mol. The van der Waals surface area contributed by atoms with Gasteiger partial charge in [-0.1, -0.05) is 43.6 Å². The van der Waals surface area contributed by atoms with Crippen LogP contribution in [0.3, 0.4) is 0 Å². The van der Waals surface area contributed by atoms with E-state index in [4.69, 9.17) is 11.6 Å². The second-order valence-electron chi connectivity index (χ2n) is 7.24. The lowest BCUT2D eigenvalue weighted by Gasteiger charge is -2.12. The molecular weight excluding hydrogens is 347 g/mol. The average molecular weight is 369 g/mol. The Kier molecular flexibility index (Phi) is 4.28.